The lowest BCUT2D eigenvalue weighted by molar-refractivity contribution is -0.135. The van der Waals surface area contributed by atoms with Crippen LogP contribution in [0.5, 0.6) is 5.75 Å². The van der Waals surface area contributed by atoms with Crippen molar-refractivity contribution in [3.05, 3.63) is 40.8 Å². The minimum absolute atomic E-state index is 0.142. The number of benzene rings is 1. The molecule has 132 valence electrons. The summed E-state index contributed by atoms with van der Waals surface area (Å²) in [4.78, 5) is 22.9. The maximum Gasteiger partial charge on any atom is 0.331 e. The van der Waals surface area contributed by atoms with Gasteiger partial charge in [-0.3, -0.25) is 10.1 Å². The first kappa shape index (κ1) is 18.6. The first-order chi connectivity index (χ1) is 12.0. The average Bonchev–Trinajstić information content (AvgIpc) is 2.93. The highest BCUT2D eigenvalue weighted by molar-refractivity contribution is 8.18. The fourth-order valence-electron chi connectivity index (χ4n) is 1.63. The van der Waals surface area contributed by atoms with Crippen LogP contribution in [0.25, 0.3) is 0 Å². The number of nitrogens with one attached hydrogen (secondary N) is 1. The highest BCUT2D eigenvalue weighted by Crippen LogP contribution is 2.23. The molecule has 0 atom stereocenters. The number of amidine groups is 1. The number of hydrogen-bond acceptors (Lipinski definition) is 7. The molecule has 1 aliphatic rings. The van der Waals surface area contributed by atoms with Gasteiger partial charge in [-0.1, -0.05) is 12.1 Å². The van der Waals surface area contributed by atoms with Gasteiger partial charge in [0.15, 0.2) is 5.17 Å². The van der Waals surface area contributed by atoms with Crippen molar-refractivity contribution in [3.63, 3.8) is 0 Å². The highest BCUT2D eigenvalue weighted by atomic mass is 32.2. The number of thioether (sulfide) groups is 1. The van der Waals surface area contributed by atoms with Crippen LogP contribution < -0.4 is 10.1 Å². The zero-order valence-corrected chi connectivity index (χ0v) is 13.8. The fraction of sp³-hybridized carbons (Fsp3) is 0.200. The van der Waals surface area contributed by atoms with Crippen molar-refractivity contribution in [1.82, 2.24) is 5.32 Å². The summed E-state index contributed by atoms with van der Waals surface area (Å²) < 4.78 is 33.6. The van der Waals surface area contributed by atoms with E-state index in [1.165, 1.54) is 19.4 Å². The maximum atomic E-state index is 12.1. The summed E-state index contributed by atoms with van der Waals surface area (Å²) in [6, 6.07) is 6.37. The van der Waals surface area contributed by atoms with Crippen molar-refractivity contribution in [1.29, 1.82) is 0 Å². The number of carbonyl (C=O) groups excluding carboxylic acids is 2. The van der Waals surface area contributed by atoms with Crippen molar-refractivity contribution in [2.75, 3.05) is 13.7 Å². The topological polar surface area (TPSA) is 89.3 Å². The van der Waals surface area contributed by atoms with Gasteiger partial charge in [-0.2, -0.15) is 5.10 Å². The van der Waals surface area contributed by atoms with Gasteiger partial charge in [-0.25, -0.2) is 13.6 Å². The van der Waals surface area contributed by atoms with Crippen LogP contribution in [0, 0.1) is 0 Å². The predicted molar refractivity (Wildman–Crippen MR) is 88.8 cm³/mol. The molecule has 0 saturated carbocycles. The van der Waals surface area contributed by atoms with Gasteiger partial charge in [0.05, 0.1) is 18.2 Å². The van der Waals surface area contributed by atoms with E-state index in [0.29, 0.717) is 5.56 Å². The van der Waals surface area contributed by atoms with Crippen molar-refractivity contribution in [2.24, 2.45) is 10.2 Å². The van der Waals surface area contributed by atoms with Gasteiger partial charge in [-0.15, -0.1) is 5.10 Å². The van der Waals surface area contributed by atoms with Crippen molar-refractivity contribution < 1.29 is 27.8 Å². The third-order valence-corrected chi connectivity index (χ3v) is 3.59. The summed E-state index contributed by atoms with van der Waals surface area (Å²) in [5.74, 6) is -0.849. The summed E-state index contributed by atoms with van der Waals surface area (Å²) in [7, 11) is 1.20. The molecule has 1 aromatic carbocycles. The second kappa shape index (κ2) is 8.92. The van der Waals surface area contributed by atoms with E-state index in [9.17, 15) is 18.4 Å². The maximum absolute atomic E-state index is 12.1. The monoisotopic (exact) mass is 369 g/mol. The molecule has 0 spiro atoms. The number of carbonyl (C=O) groups is 2. The SMILES string of the molecule is COC(=O)/C=C1/S/C(=N\N=Cc2cccc(OCC(F)F)c2)NC1=O. The Morgan fingerprint density at radius 1 is 1.44 bits per heavy atom. The lowest BCUT2D eigenvalue weighted by Crippen LogP contribution is -2.19. The van der Waals surface area contributed by atoms with Crippen LogP contribution in [0.4, 0.5) is 8.78 Å². The Morgan fingerprint density at radius 3 is 2.96 bits per heavy atom. The lowest BCUT2D eigenvalue weighted by atomic mass is 10.2. The van der Waals surface area contributed by atoms with E-state index in [0.717, 1.165) is 17.8 Å². The number of alkyl halides is 2. The van der Waals surface area contributed by atoms with Crippen LogP contribution in [0.3, 0.4) is 0 Å². The molecule has 0 bridgehead atoms. The molecule has 1 amide bonds. The molecule has 0 aromatic heterocycles. The zero-order chi connectivity index (χ0) is 18.2. The van der Waals surface area contributed by atoms with E-state index in [4.69, 9.17) is 4.74 Å². The zero-order valence-electron chi connectivity index (χ0n) is 12.9. The number of halogens is 2. The molecule has 1 saturated heterocycles. The first-order valence-corrected chi connectivity index (χ1v) is 7.70. The third-order valence-electron chi connectivity index (χ3n) is 2.69. The minimum atomic E-state index is -2.56. The Hall–Kier alpha value is -2.75. The second-order valence-electron chi connectivity index (χ2n) is 4.51. The normalized spacial score (nSPS) is 17.5. The van der Waals surface area contributed by atoms with E-state index in [-0.39, 0.29) is 15.8 Å². The summed E-state index contributed by atoms with van der Waals surface area (Å²) in [6.45, 7) is -0.694. The molecule has 7 nitrogen and oxygen atoms in total. The smallest absolute Gasteiger partial charge is 0.331 e. The molecule has 2 rings (SSSR count). The number of esters is 1. The minimum Gasteiger partial charge on any atom is -0.488 e. The number of rotatable bonds is 6. The van der Waals surface area contributed by atoms with Gasteiger partial charge in [0, 0.05) is 6.08 Å². The number of amides is 1. The fourth-order valence-corrected chi connectivity index (χ4v) is 2.37. The molecule has 1 aliphatic heterocycles. The summed E-state index contributed by atoms with van der Waals surface area (Å²) in [6.07, 6.45) is -0.133. The van der Waals surface area contributed by atoms with Crippen LogP contribution >= 0.6 is 11.8 Å². The lowest BCUT2D eigenvalue weighted by Gasteiger charge is -2.05. The molecule has 1 heterocycles. The number of ether oxygens (including phenoxy) is 2. The average molecular weight is 369 g/mol. The Balaban J connectivity index is 2.00. The van der Waals surface area contributed by atoms with Gasteiger partial charge in [0.1, 0.15) is 12.4 Å². The van der Waals surface area contributed by atoms with Gasteiger partial charge in [0.25, 0.3) is 12.3 Å². The Bertz CT molecular complexity index is 750. The van der Waals surface area contributed by atoms with E-state index >= 15 is 0 Å². The van der Waals surface area contributed by atoms with Crippen LogP contribution in [0.1, 0.15) is 5.56 Å². The Labute approximate surface area is 145 Å². The van der Waals surface area contributed by atoms with Gasteiger partial charge < -0.3 is 9.47 Å². The van der Waals surface area contributed by atoms with Gasteiger partial charge in [-0.05, 0) is 29.5 Å². The first-order valence-electron chi connectivity index (χ1n) is 6.89. The van der Waals surface area contributed by atoms with Crippen molar-refractivity contribution in [2.45, 2.75) is 6.43 Å². The predicted octanol–water partition coefficient (Wildman–Crippen LogP) is 1.94. The molecule has 1 aromatic rings. The quantitative estimate of drug-likeness (QED) is 0.358. The third kappa shape index (κ3) is 5.99. The van der Waals surface area contributed by atoms with E-state index < -0.39 is 24.9 Å². The highest BCUT2D eigenvalue weighted by Gasteiger charge is 2.24. The molecule has 1 N–H and O–H groups in total. The summed E-state index contributed by atoms with van der Waals surface area (Å²) in [5, 5.41) is 10.3. The molecule has 10 heteroatoms. The van der Waals surface area contributed by atoms with Crippen molar-refractivity contribution in [3.8, 4) is 5.75 Å². The van der Waals surface area contributed by atoms with E-state index in [1.54, 1.807) is 18.2 Å². The van der Waals surface area contributed by atoms with Crippen LogP contribution in [-0.4, -0.2) is 43.4 Å². The molecular formula is C15H13F2N3O4S. The van der Waals surface area contributed by atoms with E-state index in [1.807, 2.05) is 0 Å². The second-order valence-corrected chi connectivity index (χ2v) is 5.54. The summed E-state index contributed by atoms with van der Waals surface area (Å²) in [5.41, 5.74) is 0.579. The molecule has 25 heavy (non-hydrogen) atoms. The van der Waals surface area contributed by atoms with Crippen LogP contribution in [0.15, 0.2) is 45.4 Å². The number of hydrogen-bond donors (Lipinski definition) is 1. The molecule has 0 unspecified atom stereocenters. The Morgan fingerprint density at radius 2 is 2.24 bits per heavy atom. The van der Waals surface area contributed by atoms with Crippen LogP contribution in [-0.2, 0) is 14.3 Å². The molecule has 0 aliphatic carbocycles. The number of nitrogens with zero attached hydrogens (tertiary/aromatic N) is 2. The van der Waals surface area contributed by atoms with Gasteiger partial charge in [0.2, 0.25) is 0 Å². The van der Waals surface area contributed by atoms with Crippen molar-refractivity contribution >= 4 is 35.0 Å². The molecule has 0 radical (unpaired) electrons. The van der Waals surface area contributed by atoms with E-state index in [2.05, 4.69) is 20.3 Å². The standard InChI is InChI=1S/C15H13F2N3O4S/c1-23-13(21)6-11-14(22)19-15(25-11)20-18-7-9-3-2-4-10(5-9)24-8-12(16)17/h2-7,12H,8H2,1H3,(H,19,20,22)/b11-6+,18-7?. The molecular weight excluding hydrogens is 356 g/mol. The van der Waals surface area contributed by atoms with Crippen LogP contribution in [0.2, 0.25) is 0 Å². The summed E-state index contributed by atoms with van der Waals surface area (Å²) >= 11 is 0.940. The molecule has 1 fully saturated rings. The van der Waals surface area contributed by atoms with Gasteiger partial charge >= 0.3 is 5.97 Å². The Kier molecular flexibility index (Phi) is 6.63. The number of methoxy groups -OCH3 is 1. The largest absolute Gasteiger partial charge is 0.488 e.